The summed E-state index contributed by atoms with van der Waals surface area (Å²) in [4.78, 5) is 34.6. The van der Waals surface area contributed by atoms with E-state index in [0.717, 1.165) is 36.3 Å². The van der Waals surface area contributed by atoms with Gasteiger partial charge in [0.2, 0.25) is 0 Å². The van der Waals surface area contributed by atoms with Crippen molar-refractivity contribution in [1.82, 2.24) is 20.0 Å². The van der Waals surface area contributed by atoms with E-state index >= 15 is 0 Å². The molecule has 3 amide bonds. The molecule has 5 rings (SSSR count). The van der Waals surface area contributed by atoms with Crippen molar-refractivity contribution < 1.29 is 9.59 Å². The Morgan fingerprint density at radius 1 is 0.970 bits per heavy atom. The number of benzene rings is 2. The van der Waals surface area contributed by atoms with Crippen molar-refractivity contribution in [3.8, 4) is 0 Å². The zero-order valence-electron chi connectivity index (χ0n) is 19.9. The molecule has 33 heavy (non-hydrogen) atoms. The van der Waals surface area contributed by atoms with Gasteiger partial charge in [0.05, 0.1) is 6.54 Å². The van der Waals surface area contributed by atoms with Crippen LogP contribution in [0.5, 0.6) is 0 Å². The standard InChI is InChI=1S/C26H33N5O2/c1-5-19-10-12-21(13-11-19)29-14-18(3)15-30-22-23(27-25(29)30)28(4)26(33)31(24(22)32)16-20-8-6-17(2)7-9-20/h6-13,18,22-23,25,27H,5,14-16H2,1-4H3. The van der Waals surface area contributed by atoms with Crippen LogP contribution >= 0.6 is 0 Å². The molecular formula is C26H33N5O2. The van der Waals surface area contributed by atoms with Gasteiger partial charge in [-0.15, -0.1) is 0 Å². The van der Waals surface area contributed by atoms with Crippen molar-refractivity contribution in [2.24, 2.45) is 5.92 Å². The summed E-state index contributed by atoms with van der Waals surface area (Å²) >= 11 is 0. The molecule has 0 aromatic heterocycles. The molecule has 7 heteroatoms. The third-order valence-electron chi connectivity index (χ3n) is 7.22. The Balaban J connectivity index is 1.43. The number of carbonyl (C=O) groups excluding carboxylic acids is 2. The molecule has 3 aliphatic heterocycles. The van der Waals surface area contributed by atoms with Crippen LogP contribution in [0.2, 0.25) is 0 Å². The number of hydrogen-bond acceptors (Lipinski definition) is 5. The second kappa shape index (κ2) is 8.47. The minimum Gasteiger partial charge on any atom is -0.343 e. The average Bonchev–Trinajstić information content (AvgIpc) is 3.21. The number of urea groups is 1. The molecule has 0 saturated carbocycles. The summed E-state index contributed by atoms with van der Waals surface area (Å²) in [6, 6.07) is 16.0. The maximum Gasteiger partial charge on any atom is 0.328 e. The Hall–Kier alpha value is -2.90. The lowest BCUT2D eigenvalue weighted by Gasteiger charge is -2.46. The van der Waals surface area contributed by atoms with Gasteiger partial charge in [0.1, 0.15) is 18.5 Å². The van der Waals surface area contributed by atoms with Gasteiger partial charge < -0.3 is 9.80 Å². The van der Waals surface area contributed by atoms with E-state index < -0.39 is 6.04 Å². The normalized spacial score (nSPS) is 27.7. The molecule has 7 nitrogen and oxygen atoms in total. The number of likely N-dealkylation sites (N-methyl/N-ethyl adjacent to an activating group) is 1. The van der Waals surface area contributed by atoms with Crippen LogP contribution in [0, 0.1) is 12.8 Å². The molecule has 1 N–H and O–H groups in total. The minimum atomic E-state index is -0.400. The van der Waals surface area contributed by atoms with Crippen LogP contribution in [0.25, 0.3) is 0 Å². The number of hydrogen-bond donors (Lipinski definition) is 1. The van der Waals surface area contributed by atoms with E-state index in [-0.39, 0.29) is 24.4 Å². The largest absolute Gasteiger partial charge is 0.343 e. The number of amides is 3. The summed E-state index contributed by atoms with van der Waals surface area (Å²) < 4.78 is 0. The van der Waals surface area contributed by atoms with Crippen LogP contribution in [0.15, 0.2) is 48.5 Å². The fourth-order valence-electron chi connectivity index (χ4n) is 5.36. The molecule has 2 aromatic carbocycles. The third-order valence-corrected chi connectivity index (χ3v) is 7.22. The molecule has 2 aromatic rings. The second-order valence-electron chi connectivity index (χ2n) is 9.71. The van der Waals surface area contributed by atoms with E-state index in [2.05, 4.69) is 53.2 Å². The lowest BCUT2D eigenvalue weighted by molar-refractivity contribution is -0.139. The predicted octanol–water partition coefficient (Wildman–Crippen LogP) is 2.99. The predicted molar refractivity (Wildman–Crippen MR) is 128 cm³/mol. The Morgan fingerprint density at radius 2 is 1.64 bits per heavy atom. The van der Waals surface area contributed by atoms with Gasteiger partial charge in [-0.3, -0.25) is 19.9 Å². The van der Waals surface area contributed by atoms with E-state index in [1.54, 1.807) is 11.9 Å². The van der Waals surface area contributed by atoms with Crippen molar-refractivity contribution in [3.05, 3.63) is 65.2 Å². The summed E-state index contributed by atoms with van der Waals surface area (Å²) in [7, 11) is 1.80. The summed E-state index contributed by atoms with van der Waals surface area (Å²) in [5.74, 6) is 0.281. The molecule has 0 radical (unpaired) electrons. The summed E-state index contributed by atoms with van der Waals surface area (Å²) in [6.07, 6.45) is 0.543. The highest BCUT2D eigenvalue weighted by Gasteiger charge is 2.56. The van der Waals surface area contributed by atoms with Gasteiger partial charge in [-0.05, 0) is 42.5 Å². The molecule has 0 spiro atoms. The zero-order chi connectivity index (χ0) is 23.3. The molecular weight excluding hydrogens is 414 g/mol. The highest BCUT2D eigenvalue weighted by atomic mass is 16.2. The van der Waals surface area contributed by atoms with E-state index in [0.29, 0.717) is 12.5 Å². The first-order chi connectivity index (χ1) is 15.9. The molecule has 3 aliphatic rings. The van der Waals surface area contributed by atoms with E-state index in [1.165, 1.54) is 10.5 Å². The maximum atomic E-state index is 13.7. The number of rotatable bonds is 4. The highest BCUT2D eigenvalue weighted by molar-refractivity contribution is 6.00. The van der Waals surface area contributed by atoms with Crippen LogP contribution < -0.4 is 10.2 Å². The molecule has 3 saturated heterocycles. The Morgan fingerprint density at radius 3 is 2.30 bits per heavy atom. The van der Waals surface area contributed by atoms with Crippen LogP contribution in [0.1, 0.15) is 30.5 Å². The molecule has 4 unspecified atom stereocenters. The van der Waals surface area contributed by atoms with Crippen molar-refractivity contribution in [1.29, 1.82) is 0 Å². The van der Waals surface area contributed by atoms with Crippen LogP contribution in [0.4, 0.5) is 10.5 Å². The topological polar surface area (TPSA) is 59.1 Å². The molecule has 3 fully saturated rings. The van der Waals surface area contributed by atoms with Gasteiger partial charge in [-0.2, -0.15) is 0 Å². The van der Waals surface area contributed by atoms with Crippen LogP contribution in [-0.4, -0.2) is 65.3 Å². The number of nitrogens with zero attached hydrogens (tertiary/aromatic N) is 4. The Bertz CT molecular complexity index is 1040. The fourth-order valence-corrected chi connectivity index (χ4v) is 5.36. The maximum absolute atomic E-state index is 13.7. The van der Waals surface area contributed by atoms with Crippen molar-refractivity contribution in [3.63, 3.8) is 0 Å². The van der Waals surface area contributed by atoms with Gasteiger partial charge in [-0.1, -0.05) is 55.8 Å². The minimum absolute atomic E-state index is 0.117. The monoisotopic (exact) mass is 447 g/mol. The number of fused-ring (bicyclic) bond motifs is 3. The zero-order valence-corrected chi connectivity index (χ0v) is 19.9. The van der Waals surface area contributed by atoms with E-state index in [9.17, 15) is 9.59 Å². The molecule has 174 valence electrons. The summed E-state index contributed by atoms with van der Waals surface area (Å²) in [6.45, 7) is 8.42. The van der Waals surface area contributed by atoms with Gasteiger partial charge in [0.15, 0.2) is 0 Å². The smallest absolute Gasteiger partial charge is 0.328 e. The quantitative estimate of drug-likeness (QED) is 0.781. The molecule has 0 aliphatic carbocycles. The van der Waals surface area contributed by atoms with Crippen molar-refractivity contribution in [2.45, 2.75) is 52.2 Å². The summed E-state index contributed by atoms with van der Waals surface area (Å²) in [5.41, 5.74) is 4.56. The number of aryl methyl sites for hydroxylation is 2. The van der Waals surface area contributed by atoms with Gasteiger partial charge in [-0.25, -0.2) is 4.79 Å². The second-order valence-corrected chi connectivity index (χ2v) is 9.71. The number of imide groups is 1. The first kappa shape index (κ1) is 21.9. The first-order valence-corrected chi connectivity index (χ1v) is 11.9. The number of carbonyl (C=O) groups is 2. The Kier molecular flexibility index (Phi) is 5.62. The number of anilines is 1. The highest BCUT2D eigenvalue weighted by Crippen LogP contribution is 2.35. The SMILES string of the molecule is CCc1ccc(N2CC(C)CN3C4C(=O)N(Cc5ccc(C)cc5)C(=O)N(C)C4NC23)cc1. The lowest BCUT2D eigenvalue weighted by Crippen LogP contribution is -2.66. The van der Waals surface area contributed by atoms with Gasteiger partial charge in [0.25, 0.3) is 5.91 Å². The van der Waals surface area contributed by atoms with Gasteiger partial charge in [0, 0.05) is 25.8 Å². The molecule has 4 atom stereocenters. The average molecular weight is 448 g/mol. The molecule has 0 bridgehead atoms. The Labute approximate surface area is 195 Å². The van der Waals surface area contributed by atoms with E-state index in [1.807, 2.05) is 31.2 Å². The summed E-state index contributed by atoms with van der Waals surface area (Å²) in [5, 5.41) is 3.60. The van der Waals surface area contributed by atoms with Crippen molar-refractivity contribution >= 4 is 17.6 Å². The first-order valence-electron chi connectivity index (χ1n) is 11.9. The molecule has 3 heterocycles. The van der Waals surface area contributed by atoms with Crippen LogP contribution in [-0.2, 0) is 17.8 Å². The van der Waals surface area contributed by atoms with E-state index in [4.69, 9.17) is 0 Å². The van der Waals surface area contributed by atoms with Crippen molar-refractivity contribution in [2.75, 3.05) is 25.0 Å². The lowest BCUT2D eigenvalue weighted by atomic mass is 10.0. The third kappa shape index (κ3) is 3.79. The number of nitrogens with one attached hydrogen (secondary N) is 1. The van der Waals surface area contributed by atoms with Gasteiger partial charge >= 0.3 is 6.03 Å². The van der Waals surface area contributed by atoms with Crippen LogP contribution in [0.3, 0.4) is 0 Å². The fraction of sp³-hybridized carbons (Fsp3) is 0.462.